The molecule has 1 atom stereocenters. The summed E-state index contributed by atoms with van der Waals surface area (Å²) in [6.45, 7) is 3.32. The Bertz CT molecular complexity index is 1360. The zero-order valence-electron chi connectivity index (χ0n) is 18.9. The van der Waals surface area contributed by atoms with E-state index in [2.05, 4.69) is 10.4 Å². The second kappa shape index (κ2) is 9.52. The van der Waals surface area contributed by atoms with E-state index >= 15 is 0 Å². The lowest BCUT2D eigenvalue weighted by atomic mass is 10.2. The molecule has 0 spiro atoms. The summed E-state index contributed by atoms with van der Waals surface area (Å²) in [4.78, 5) is 26.4. The summed E-state index contributed by atoms with van der Waals surface area (Å²) < 4.78 is 30.8. The Morgan fingerprint density at radius 3 is 2.44 bits per heavy atom. The van der Waals surface area contributed by atoms with Crippen molar-refractivity contribution in [3.63, 3.8) is 0 Å². The Morgan fingerprint density at radius 1 is 1.06 bits per heavy atom. The molecule has 0 saturated carbocycles. The van der Waals surface area contributed by atoms with Crippen LogP contribution >= 0.6 is 11.3 Å². The maximum absolute atomic E-state index is 13.3. The van der Waals surface area contributed by atoms with E-state index in [1.807, 2.05) is 6.92 Å². The van der Waals surface area contributed by atoms with Crippen molar-refractivity contribution >= 4 is 39.1 Å². The van der Waals surface area contributed by atoms with Crippen molar-refractivity contribution in [3.8, 4) is 17.2 Å². The summed E-state index contributed by atoms with van der Waals surface area (Å²) >= 11 is 1.19. The number of carbonyl (C=O) groups excluding carboxylic acids is 2. The average molecular weight is 484 g/mol. The van der Waals surface area contributed by atoms with E-state index in [4.69, 9.17) is 14.2 Å². The van der Waals surface area contributed by atoms with E-state index in [9.17, 15) is 14.0 Å². The number of esters is 1. The van der Waals surface area contributed by atoms with Gasteiger partial charge in [-0.2, -0.15) is 5.10 Å². The normalized spacial score (nSPS) is 11.8. The largest absolute Gasteiger partial charge is 0.493 e. The van der Waals surface area contributed by atoms with Crippen molar-refractivity contribution in [2.45, 2.75) is 20.0 Å². The van der Waals surface area contributed by atoms with Gasteiger partial charge in [-0.25, -0.2) is 13.9 Å². The molecule has 0 aliphatic carbocycles. The van der Waals surface area contributed by atoms with Gasteiger partial charge in [0.15, 0.2) is 17.6 Å². The van der Waals surface area contributed by atoms with Crippen LogP contribution in [0.3, 0.4) is 0 Å². The molecule has 0 aliphatic rings. The molecular weight excluding hydrogens is 461 g/mol. The third kappa shape index (κ3) is 4.58. The minimum atomic E-state index is -1.04. The number of anilines is 1. The first-order valence-corrected chi connectivity index (χ1v) is 11.1. The Labute approximate surface area is 198 Å². The van der Waals surface area contributed by atoms with Gasteiger partial charge >= 0.3 is 5.97 Å². The number of aryl methyl sites for hydroxylation is 1. The van der Waals surface area contributed by atoms with Crippen LogP contribution in [-0.2, 0) is 9.53 Å². The number of halogens is 1. The quantitative estimate of drug-likeness (QED) is 0.382. The van der Waals surface area contributed by atoms with Crippen LogP contribution in [0.15, 0.2) is 48.5 Å². The number of nitrogens with one attached hydrogen (secondary N) is 1. The number of hydrogen-bond acceptors (Lipinski definition) is 7. The van der Waals surface area contributed by atoms with Gasteiger partial charge in [-0.1, -0.05) is 0 Å². The summed E-state index contributed by atoms with van der Waals surface area (Å²) in [5, 5.41) is 7.96. The molecule has 4 rings (SSSR count). The van der Waals surface area contributed by atoms with E-state index in [-0.39, 0.29) is 5.82 Å². The van der Waals surface area contributed by atoms with E-state index in [0.29, 0.717) is 33.4 Å². The number of amides is 1. The number of methoxy groups -OCH3 is 2. The second-order valence-corrected chi connectivity index (χ2v) is 8.44. The number of carbonyl (C=O) groups is 2. The van der Waals surface area contributed by atoms with Crippen LogP contribution in [0.5, 0.6) is 11.5 Å². The third-order valence-corrected chi connectivity index (χ3v) is 6.21. The molecule has 0 aliphatic heterocycles. The van der Waals surface area contributed by atoms with Crippen LogP contribution in [-0.4, -0.2) is 42.0 Å². The molecule has 1 unspecified atom stereocenters. The molecule has 0 bridgehead atoms. The molecule has 0 radical (unpaired) electrons. The number of thiophene rings is 1. The van der Waals surface area contributed by atoms with Crippen molar-refractivity contribution in [1.29, 1.82) is 0 Å². The number of benzene rings is 2. The number of fused-ring (bicyclic) bond motifs is 1. The highest BCUT2D eigenvalue weighted by Crippen LogP contribution is 2.32. The highest BCUT2D eigenvalue weighted by atomic mass is 32.1. The molecule has 1 amide bonds. The van der Waals surface area contributed by atoms with Crippen LogP contribution in [0.4, 0.5) is 10.1 Å². The minimum Gasteiger partial charge on any atom is -0.493 e. The zero-order valence-corrected chi connectivity index (χ0v) is 19.7. The van der Waals surface area contributed by atoms with Gasteiger partial charge in [-0.3, -0.25) is 4.79 Å². The van der Waals surface area contributed by atoms with E-state index in [0.717, 1.165) is 10.2 Å². The van der Waals surface area contributed by atoms with Crippen LogP contribution in [0.25, 0.3) is 15.9 Å². The number of rotatable bonds is 7. The maximum atomic E-state index is 13.3. The van der Waals surface area contributed by atoms with Crippen molar-refractivity contribution in [2.75, 3.05) is 19.5 Å². The summed E-state index contributed by atoms with van der Waals surface area (Å²) in [7, 11) is 3.01. The Hall–Kier alpha value is -3.92. The molecule has 2 heterocycles. The van der Waals surface area contributed by atoms with Gasteiger partial charge in [0, 0.05) is 17.1 Å². The molecule has 34 heavy (non-hydrogen) atoms. The highest BCUT2D eigenvalue weighted by Gasteiger charge is 2.23. The third-order valence-electron chi connectivity index (χ3n) is 5.12. The molecule has 0 saturated heterocycles. The predicted octanol–water partition coefficient (Wildman–Crippen LogP) is 4.74. The Kier molecular flexibility index (Phi) is 6.51. The first kappa shape index (κ1) is 23.2. The van der Waals surface area contributed by atoms with E-state index in [1.54, 1.807) is 41.1 Å². The van der Waals surface area contributed by atoms with Gasteiger partial charge in [0.1, 0.15) is 15.5 Å². The number of nitrogens with zero attached hydrogens (tertiary/aromatic N) is 2. The van der Waals surface area contributed by atoms with Crippen LogP contribution in [0.2, 0.25) is 0 Å². The van der Waals surface area contributed by atoms with Crippen molar-refractivity contribution in [3.05, 3.63) is 64.9 Å². The van der Waals surface area contributed by atoms with E-state index < -0.39 is 18.0 Å². The lowest BCUT2D eigenvalue weighted by Crippen LogP contribution is -2.29. The molecule has 1 N–H and O–H groups in total. The van der Waals surface area contributed by atoms with Crippen molar-refractivity contribution in [1.82, 2.24) is 9.78 Å². The van der Waals surface area contributed by atoms with Crippen molar-refractivity contribution < 1.29 is 28.2 Å². The fourth-order valence-electron chi connectivity index (χ4n) is 3.34. The summed E-state index contributed by atoms with van der Waals surface area (Å²) in [5.74, 6) is -0.476. The summed E-state index contributed by atoms with van der Waals surface area (Å²) in [6, 6.07) is 12.5. The van der Waals surface area contributed by atoms with Gasteiger partial charge < -0.3 is 19.5 Å². The highest BCUT2D eigenvalue weighted by molar-refractivity contribution is 7.20. The lowest BCUT2D eigenvalue weighted by Gasteiger charge is -2.14. The lowest BCUT2D eigenvalue weighted by molar-refractivity contribution is -0.123. The van der Waals surface area contributed by atoms with E-state index in [1.165, 1.54) is 44.6 Å². The standard InChI is InChI=1S/C24H22FN3O5S/c1-13-18-12-21(34-23(18)28(27-13)17-8-5-15(25)6-9-17)24(30)33-14(2)22(29)26-16-7-10-19(31-3)20(11-16)32-4/h5-12,14H,1-4H3,(H,26,29). The molecule has 176 valence electrons. The molecular formula is C24H22FN3O5S. The zero-order chi connectivity index (χ0) is 24.4. The smallest absolute Gasteiger partial charge is 0.349 e. The topological polar surface area (TPSA) is 91.7 Å². The van der Waals surface area contributed by atoms with Gasteiger partial charge in [0.25, 0.3) is 5.91 Å². The molecule has 2 aromatic heterocycles. The Balaban J connectivity index is 1.49. The SMILES string of the molecule is COc1ccc(NC(=O)C(C)OC(=O)c2cc3c(C)nn(-c4ccc(F)cc4)c3s2)cc1OC. The van der Waals surface area contributed by atoms with Crippen LogP contribution in [0, 0.1) is 12.7 Å². The van der Waals surface area contributed by atoms with Gasteiger partial charge in [-0.05, 0) is 56.3 Å². The molecule has 0 fully saturated rings. The van der Waals surface area contributed by atoms with Gasteiger partial charge in [0.05, 0.1) is 25.6 Å². The first-order valence-electron chi connectivity index (χ1n) is 10.3. The number of aromatic nitrogens is 2. The monoisotopic (exact) mass is 483 g/mol. The number of hydrogen-bond donors (Lipinski definition) is 1. The van der Waals surface area contributed by atoms with Crippen LogP contribution in [0.1, 0.15) is 22.3 Å². The summed E-state index contributed by atoms with van der Waals surface area (Å²) in [6.07, 6.45) is -1.04. The average Bonchev–Trinajstić information content (AvgIpc) is 3.40. The number of ether oxygens (including phenoxy) is 3. The van der Waals surface area contributed by atoms with Gasteiger partial charge in [0.2, 0.25) is 0 Å². The molecule has 8 nitrogen and oxygen atoms in total. The first-order chi connectivity index (χ1) is 16.3. The molecule has 2 aromatic carbocycles. The predicted molar refractivity (Wildman–Crippen MR) is 127 cm³/mol. The second-order valence-electron chi connectivity index (χ2n) is 7.41. The molecule has 10 heteroatoms. The Morgan fingerprint density at radius 2 is 1.76 bits per heavy atom. The minimum absolute atomic E-state index is 0.331. The summed E-state index contributed by atoms with van der Waals surface area (Å²) in [5.41, 5.74) is 1.86. The molecule has 4 aromatic rings. The van der Waals surface area contributed by atoms with Crippen molar-refractivity contribution in [2.24, 2.45) is 0 Å². The fraction of sp³-hybridized carbons (Fsp3) is 0.208. The van der Waals surface area contributed by atoms with Gasteiger partial charge in [-0.15, -0.1) is 11.3 Å². The maximum Gasteiger partial charge on any atom is 0.349 e. The fourth-order valence-corrected chi connectivity index (χ4v) is 4.40. The van der Waals surface area contributed by atoms with Crippen LogP contribution < -0.4 is 14.8 Å².